The number of halogens is 4. The highest BCUT2D eigenvalue weighted by Gasteiger charge is 2.35. The van der Waals surface area contributed by atoms with Crippen LogP contribution in [0.1, 0.15) is 18.4 Å². The second-order valence-electron chi connectivity index (χ2n) is 5.03. The van der Waals surface area contributed by atoms with E-state index < -0.39 is 17.7 Å². The van der Waals surface area contributed by atoms with Crippen molar-refractivity contribution in [3.8, 4) is 5.75 Å². The Hall–Kier alpha value is -0.980. The first-order valence-electron chi connectivity index (χ1n) is 6.16. The lowest BCUT2D eigenvalue weighted by atomic mass is 9.84. The number of nitrogens with zero attached hydrogens (tertiary/aromatic N) is 1. The number of rotatable bonds is 2. The third-order valence-corrected chi connectivity index (χ3v) is 3.80. The third kappa shape index (κ3) is 3.56. The van der Waals surface area contributed by atoms with Crippen molar-refractivity contribution in [2.24, 2.45) is 0 Å². The molecule has 0 amide bonds. The Bertz CT molecular complexity index is 485. The molecule has 20 heavy (non-hydrogen) atoms. The second kappa shape index (κ2) is 5.42. The second-order valence-corrected chi connectivity index (χ2v) is 5.44. The highest BCUT2D eigenvalue weighted by molar-refractivity contribution is 6.32. The molecule has 2 rings (SSSR count). The summed E-state index contributed by atoms with van der Waals surface area (Å²) in [6.45, 7) is 1.43. The molecule has 0 radical (unpaired) electrons. The standard InChI is InChI=1S/C13H15ClF3NO2/c1-18-6-4-12(19,5-7-18)9-2-3-11(10(14)8-9)20-13(15,16)17/h2-3,8,19H,4-7H2,1H3. The number of ether oxygens (including phenoxy) is 1. The molecular weight excluding hydrogens is 295 g/mol. The summed E-state index contributed by atoms with van der Waals surface area (Å²) in [6.07, 6.45) is -3.76. The number of alkyl halides is 3. The summed E-state index contributed by atoms with van der Waals surface area (Å²) in [4.78, 5) is 2.08. The molecule has 1 fully saturated rings. The van der Waals surface area contributed by atoms with E-state index in [1.165, 1.54) is 12.1 Å². The highest BCUT2D eigenvalue weighted by Crippen LogP contribution is 2.37. The predicted octanol–water partition coefficient (Wildman–Crippen LogP) is 3.15. The summed E-state index contributed by atoms with van der Waals surface area (Å²) in [5.41, 5.74) is -0.530. The van der Waals surface area contributed by atoms with Crippen LogP contribution in [0.15, 0.2) is 18.2 Å². The molecule has 0 atom stereocenters. The number of hydrogen-bond acceptors (Lipinski definition) is 3. The van der Waals surface area contributed by atoms with Crippen molar-refractivity contribution < 1.29 is 23.0 Å². The van der Waals surface area contributed by atoms with Crippen molar-refractivity contribution >= 4 is 11.6 Å². The van der Waals surface area contributed by atoms with Gasteiger partial charge in [-0.05, 0) is 37.6 Å². The van der Waals surface area contributed by atoms with Gasteiger partial charge in [-0.2, -0.15) is 0 Å². The molecular formula is C13H15ClF3NO2. The van der Waals surface area contributed by atoms with E-state index in [0.717, 1.165) is 19.2 Å². The maximum absolute atomic E-state index is 12.2. The van der Waals surface area contributed by atoms with Gasteiger partial charge in [0.2, 0.25) is 0 Å². The van der Waals surface area contributed by atoms with E-state index in [1.807, 2.05) is 7.05 Å². The first-order chi connectivity index (χ1) is 9.20. The van der Waals surface area contributed by atoms with E-state index in [4.69, 9.17) is 11.6 Å². The summed E-state index contributed by atoms with van der Waals surface area (Å²) in [7, 11) is 1.95. The van der Waals surface area contributed by atoms with Gasteiger partial charge in [0.15, 0.2) is 0 Å². The first-order valence-corrected chi connectivity index (χ1v) is 6.54. The van der Waals surface area contributed by atoms with Crippen molar-refractivity contribution in [2.45, 2.75) is 24.8 Å². The van der Waals surface area contributed by atoms with Gasteiger partial charge in [-0.25, -0.2) is 0 Å². The van der Waals surface area contributed by atoms with Crippen molar-refractivity contribution in [3.05, 3.63) is 28.8 Å². The third-order valence-electron chi connectivity index (χ3n) is 3.51. The number of piperidine rings is 1. The molecule has 7 heteroatoms. The van der Waals surface area contributed by atoms with E-state index in [1.54, 1.807) is 0 Å². The van der Waals surface area contributed by atoms with Crippen molar-refractivity contribution in [2.75, 3.05) is 20.1 Å². The Balaban J connectivity index is 2.20. The minimum Gasteiger partial charge on any atom is -0.404 e. The van der Waals surface area contributed by atoms with Crippen LogP contribution in [0.25, 0.3) is 0 Å². The molecule has 1 aliphatic rings. The Kier molecular flexibility index (Phi) is 4.18. The van der Waals surface area contributed by atoms with Crippen molar-refractivity contribution in [1.82, 2.24) is 4.90 Å². The van der Waals surface area contributed by atoms with E-state index in [9.17, 15) is 18.3 Å². The fourth-order valence-corrected chi connectivity index (χ4v) is 2.49. The molecule has 0 aliphatic carbocycles. The van der Waals surface area contributed by atoms with Gasteiger partial charge in [0.25, 0.3) is 0 Å². The van der Waals surface area contributed by atoms with Crippen LogP contribution < -0.4 is 4.74 Å². The summed E-state index contributed by atoms with van der Waals surface area (Å²) in [5, 5.41) is 10.4. The molecule has 1 aliphatic heterocycles. The monoisotopic (exact) mass is 309 g/mol. The molecule has 1 aromatic rings. The van der Waals surface area contributed by atoms with E-state index >= 15 is 0 Å². The van der Waals surface area contributed by atoms with Crippen LogP contribution in [0.5, 0.6) is 5.75 Å². The average molecular weight is 310 g/mol. The lowest BCUT2D eigenvalue weighted by Gasteiger charge is -2.37. The Morgan fingerprint density at radius 2 is 1.90 bits per heavy atom. The van der Waals surface area contributed by atoms with Crippen LogP contribution in [0.4, 0.5) is 13.2 Å². The lowest BCUT2D eigenvalue weighted by Crippen LogP contribution is -2.40. The van der Waals surface area contributed by atoms with Crippen molar-refractivity contribution in [3.63, 3.8) is 0 Å². The van der Waals surface area contributed by atoms with Crippen LogP contribution >= 0.6 is 11.6 Å². The molecule has 3 nitrogen and oxygen atoms in total. The Labute approximate surface area is 119 Å². The molecule has 112 valence electrons. The summed E-state index contributed by atoms with van der Waals surface area (Å²) >= 11 is 5.80. The van der Waals surface area contributed by atoms with Crippen LogP contribution in [0.3, 0.4) is 0 Å². The molecule has 1 N–H and O–H groups in total. The molecule has 1 aromatic carbocycles. The van der Waals surface area contributed by atoms with Gasteiger partial charge in [-0.1, -0.05) is 17.7 Å². The molecule has 0 spiro atoms. The lowest BCUT2D eigenvalue weighted by molar-refractivity contribution is -0.274. The van der Waals surface area contributed by atoms with Gasteiger partial charge in [0.05, 0.1) is 10.6 Å². The summed E-state index contributed by atoms with van der Waals surface area (Å²) in [5.74, 6) is -0.459. The Morgan fingerprint density at radius 3 is 2.40 bits per heavy atom. The Morgan fingerprint density at radius 1 is 1.30 bits per heavy atom. The quantitative estimate of drug-likeness (QED) is 0.911. The van der Waals surface area contributed by atoms with E-state index in [0.29, 0.717) is 18.4 Å². The van der Waals surface area contributed by atoms with Gasteiger partial charge in [-0.15, -0.1) is 13.2 Å². The van der Waals surface area contributed by atoms with E-state index in [-0.39, 0.29) is 5.02 Å². The zero-order valence-electron chi connectivity index (χ0n) is 10.9. The molecule has 1 saturated heterocycles. The van der Waals surface area contributed by atoms with Gasteiger partial charge in [0.1, 0.15) is 5.75 Å². The molecule has 0 saturated carbocycles. The molecule has 0 aromatic heterocycles. The SMILES string of the molecule is CN1CCC(O)(c2ccc(OC(F)(F)F)c(Cl)c2)CC1. The zero-order chi connectivity index (χ0) is 15.0. The number of aliphatic hydroxyl groups is 1. The van der Waals surface area contributed by atoms with Crippen LogP contribution in [-0.4, -0.2) is 36.5 Å². The number of benzene rings is 1. The van der Waals surface area contributed by atoms with Gasteiger partial charge >= 0.3 is 6.36 Å². The predicted molar refractivity (Wildman–Crippen MR) is 68.8 cm³/mol. The fourth-order valence-electron chi connectivity index (χ4n) is 2.27. The normalized spacial score (nSPS) is 19.9. The van der Waals surface area contributed by atoms with Crippen LogP contribution in [0, 0.1) is 0 Å². The minimum absolute atomic E-state index is 0.160. The average Bonchev–Trinajstić information content (AvgIpc) is 2.34. The maximum atomic E-state index is 12.2. The smallest absolute Gasteiger partial charge is 0.404 e. The van der Waals surface area contributed by atoms with Gasteiger partial charge in [0, 0.05) is 13.1 Å². The highest BCUT2D eigenvalue weighted by atomic mass is 35.5. The molecule has 0 unspecified atom stereocenters. The van der Waals surface area contributed by atoms with Crippen LogP contribution in [-0.2, 0) is 5.60 Å². The first kappa shape index (κ1) is 15.4. The summed E-state index contributed by atoms with van der Waals surface area (Å²) in [6, 6.07) is 3.91. The topological polar surface area (TPSA) is 32.7 Å². The van der Waals surface area contributed by atoms with Crippen molar-refractivity contribution in [1.29, 1.82) is 0 Å². The zero-order valence-corrected chi connectivity index (χ0v) is 11.6. The van der Waals surface area contributed by atoms with Gasteiger partial charge < -0.3 is 14.7 Å². The largest absolute Gasteiger partial charge is 0.573 e. The summed E-state index contributed by atoms with van der Waals surface area (Å²) < 4.78 is 40.3. The van der Waals surface area contributed by atoms with E-state index in [2.05, 4.69) is 9.64 Å². The van der Waals surface area contributed by atoms with Gasteiger partial charge in [-0.3, -0.25) is 0 Å². The van der Waals surface area contributed by atoms with Crippen LogP contribution in [0.2, 0.25) is 5.02 Å². The minimum atomic E-state index is -4.78. The molecule has 1 heterocycles. The fraction of sp³-hybridized carbons (Fsp3) is 0.538. The molecule has 0 bridgehead atoms. The maximum Gasteiger partial charge on any atom is 0.573 e. The number of hydrogen-bond donors (Lipinski definition) is 1. The number of likely N-dealkylation sites (tertiary alicyclic amines) is 1.